The minimum absolute atomic E-state index is 0.102. The van der Waals surface area contributed by atoms with Gasteiger partial charge in [-0.2, -0.15) is 0 Å². The molecule has 0 aliphatic heterocycles. The largest absolute Gasteiger partial charge is 0.396 e. The third-order valence-electron chi connectivity index (χ3n) is 2.63. The Balaban J connectivity index is 4.02. The Kier molecular flexibility index (Phi) is 3.91. The summed E-state index contributed by atoms with van der Waals surface area (Å²) in [6, 6.07) is 0. The van der Waals surface area contributed by atoms with E-state index in [0.29, 0.717) is 0 Å². The van der Waals surface area contributed by atoms with E-state index >= 15 is 0 Å². The van der Waals surface area contributed by atoms with Crippen molar-refractivity contribution in [3.8, 4) is 0 Å². The standard InChI is InChI=1S/C8H18O2/c1-4-8(3,6-10)7(2)5-9/h7,9-10H,4-6H2,1-3H3. The molecule has 2 nitrogen and oxygen atoms in total. The van der Waals surface area contributed by atoms with E-state index in [2.05, 4.69) is 0 Å². The van der Waals surface area contributed by atoms with Crippen LogP contribution in [0.4, 0.5) is 0 Å². The topological polar surface area (TPSA) is 40.5 Å². The molecule has 0 aromatic rings. The van der Waals surface area contributed by atoms with Gasteiger partial charge >= 0.3 is 0 Å². The highest BCUT2D eigenvalue weighted by Gasteiger charge is 2.27. The van der Waals surface area contributed by atoms with Gasteiger partial charge < -0.3 is 10.2 Å². The Morgan fingerprint density at radius 1 is 1.40 bits per heavy atom. The molecule has 0 aliphatic carbocycles. The van der Waals surface area contributed by atoms with E-state index in [1.807, 2.05) is 20.8 Å². The van der Waals surface area contributed by atoms with E-state index in [0.717, 1.165) is 6.42 Å². The first kappa shape index (κ1) is 9.92. The van der Waals surface area contributed by atoms with E-state index in [9.17, 15) is 0 Å². The molecule has 0 amide bonds. The fourth-order valence-electron chi connectivity index (χ4n) is 0.836. The van der Waals surface area contributed by atoms with Crippen LogP contribution < -0.4 is 0 Å². The van der Waals surface area contributed by atoms with Crippen LogP contribution in [0.5, 0.6) is 0 Å². The van der Waals surface area contributed by atoms with Gasteiger partial charge in [0.15, 0.2) is 0 Å². The van der Waals surface area contributed by atoms with Gasteiger partial charge in [-0.15, -0.1) is 0 Å². The predicted molar refractivity (Wildman–Crippen MR) is 41.7 cm³/mol. The number of rotatable bonds is 4. The fourth-order valence-corrected chi connectivity index (χ4v) is 0.836. The number of hydrogen-bond donors (Lipinski definition) is 2. The number of hydrogen-bond acceptors (Lipinski definition) is 2. The number of aliphatic hydroxyl groups is 2. The first-order valence-corrected chi connectivity index (χ1v) is 3.82. The monoisotopic (exact) mass is 146 g/mol. The van der Waals surface area contributed by atoms with E-state index < -0.39 is 0 Å². The zero-order chi connectivity index (χ0) is 8.20. The smallest absolute Gasteiger partial charge is 0.0488 e. The van der Waals surface area contributed by atoms with Gasteiger partial charge in [0.25, 0.3) is 0 Å². The van der Waals surface area contributed by atoms with Crippen molar-refractivity contribution in [1.29, 1.82) is 0 Å². The lowest BCUT2D eigenvalue weighted by atomic mass is 9.77. The zero-order valence-corrected chi connectivity index (χ0v) is 7.09. The van der Waals surface area contributed by atoms with Gasteiger partial charge in [-0.1, -0.05) is 20.8 Å². The Morgan fingerprint density at radius 3 is 2.00 bits per heavy atom. The molecule has 0 rings (SSSR count). The van der Waals surface area contributed by atoms with Crippen LogP contribution in [0.2, 0.25) is 0 Å². The van der Waals surface area contributed by atoms with E-state index in [-0.39, 0.29) is 24.5 Å². The molecule has 0 radical (unpaired) electrons. The summed E-state index contributed by atoms with van der Waals surface area (Å²) in [6.07, 6.45) is 0.908. The summed E-state index contributed by atoms with van der Waals surface area (Å²) >= 11 is 0. The second-order valence-electron chi connectivity index (χ2n) is 3.25. The minimum atomic E-state index is -0.102. The van der Waals surface area contributed by atoms with E-state index in [4.69, 9.17) is 10.2 Å². The van der Waals surface area contributed by atoms with E-state index in [1.165, 1.54) is 0 Å². The molecule has 0 bridgehead atoms. The molecule has 2 N–H and O–H groups in total. The summed E-state index contributed by atoms with van der Waals surface area (Å²) in [6.45, 7) is 6.30. The van der Waals surface area contributed by atoms with Crippen LogP contribution in [0.15, 0.2) is 0 Å². The van der Waals surface area contributed by atoms with Crippen molar-refractivity contribution < 1.29 is 10.2 Å². The van der Waals surface area contributed by atoms with Crippen LogP contribution in [0, 0.1) is 11.3 Å². The molecular weight excluding hydrogens is 128 g/mol. The quantitative estimate of drug-likeness (QED) is 0.621. The molecule has 0 saturated heterocycles. The molecule has 0 fully saturated rings. The lowest BCUT2D eigenvalue weighted by Crippen LogP contribution is -2.30. The molecule has 0 aromatic carbocycles. The molecule has 2 atom stereocenters. The van der Waals surface area contributed by atoms with Crippen LogP contribution in [-0.4, -0.2) is 23.4 Å². The van der Waals surface area contributed by atoms with Crippen molar-refractivity contribution in [3.05, 3.63) is 0 Å². The summed E-state index contributed by atoms with van der Waals surface area (Å²) in [5.74, 6) is 0.183. The average Bonchev–Trinajstić information content (AvgIpc) is 2.01. The normalized spacial score (nSPS) is 20.1. The molecule has 0 aromatic heterocycles. The van der Waals surface area contributed by atoms with Crippen LogP contribution in [-0.2, 0) is 0 Å². The molecule has 0 heterocycles. The number of aliphatic hydroxyl groups excluding tert-OH is 2. The van der Waals surface area contributed by atoms with Crippen LogP contribution in [0.1, 0.15) is 27.2 Å². The van der Waals surface area contributed by atoms with Crippen molar-refractivity contribution in [2.24, 2.45) is 11.3 Å². The maximum atomic E-state index is 8.98. The summed E-state index contributed by atoms with van der Waals surface area (Å²) in [4.78, 5) is 0. The van der Waals surface area contributed by atoms with Crippen molar-refractivity contribution in [3.63, 3.8) is 0 Å². The van der Waals surface area contributed by atoms with Gasteiger partial charge in [-0.05, 0) is 17.8 Å². The molecule has 0 saturated carbocycles. The summed E-state index contributed by atoms with van der Waals surface area (Å²) < 4.78 is 0. The van der Waals surface area contributed by atoms with Gasteiger partial charge in [-0.25, -0.2) is 0 Å². The van der Waals surface area contributed by atoms with Crippen LogP contribution >= 0.6 is 0 Å². The van der Waals surface area contributed by atoms with Gasteiger partial charge in [0, 0.05) is 13.2 Å². The first-order valence-electron chi connectivity index (χ1n) is 3.82. The van der Waals surface area contributed by atoms with Gasteiger partial charge in [-0.3, -0.25) is 0 Å². The molecule has 10 heavy (non-hydrogen) atoms. The van der Waals surface area contributed by atoms with Gasteiger partial charge in [0.1, 0.15) is 0 Å². The van der Waals surface area contributed by atoms with Gasteiger partial charge in [0.2, 0.25) is 0 Å². The Hall–Kier alpha value is -0.0800. The van der Waals surface area contributed by atoms with Crippen molar-refractivity contribution in [2.45, 2.75) is 27.2 Å². The molecule has 0 spiro atoms. The summed E-state index contributed by atoms with van der Waals surface area (Å²) in [7, 11) is 0. The lowest BCUT2D eigenvalue weighted by molar-refractivity contribution is 0.0482. The maximum absolute atomic E-state index is 8.98. The van der Waals surface area contributed by atoms with Crippen molar-refractivity contribution in [1.82, 2.24) is 0 Å². The van der Waals surface area contributed by atoms with Gasteiger partial charge in [0.05, 0.1) is 0 Å². The SMILES string of the molecule is CCC(C)(CO)C(C)CO. The highest BCUT2D eigenvalue weighted by atomic mass is 16.3. The zero-order valence-electron chi connectivity index (χ0n) is 7.09. The lowest BCUT2D eigenvalue weighted by Gasteiger charge is -2.31. The Morgan fingerprint density at radius 2 is 1.90 bits per heavy atom. The van der Waals surface area contributed by atoms with Crippen molar-refractivity contribution >= 4 is 0 Å². The fraction of sp³-hybridized carbons (Fsp3) is 1.00. The Bertz CT molecular complexity index is 87.3. The second-order valence-corrected chi connectivity index (χ2v) is 3.25. The molecule has 2 unspecified atom stereocenters. The summed E-state index contributed by atoms with van der Waals surface area (Å²) in [5.41, 5.74) is -0.102. The third kappa shape index (κ3) is 1.96. The molecular formula is C8H18O2. The molecule has 62 valence electrons. The van der Waals surface area contributed by atoms with E-state index in [1.54, 1.807) is 0 Å². The first-order chi connectivity index (χ1) is 4.60. The highest BCUT2D eigenvalue weighted by Crippen LogP contribution is 2.29. The average molecular weight is 146 g/mol. The minimum Gasteiger partial charge on any atom is -0.396 e. The second kappa shape index (κ2) is 3.94. The maximum Gasteiger partial charge on any atom is 0.0488 e. The van der Waals surface area contributed by atoms with Crippen LogP contribution in [0.3, 0.4) is 0 Å². The summed E-state index contributed by atoms with van der Waals surface area (Å²) in [5, 5.41) is 17.8. The molecule has 2 heteroatoms. The van der Waals surface area contributed by atoms with Crippen molar-refractivity contribution in [2.75, 3.05) is 13.2 Å². The van der Waals surface area contributed by atoms with Crippen LogP contribution in [0.25, 0.3) is 0 Å². The Labute approximate surface area is 62.9 Å². The third-order valence-corrected chi connectivity index (χ3v) is 2.63. The highest BCUT2D eigenvalue weighted by molar-refractivity contribution is 4.76. The predicted octanol–water partition coefficient (Wildman–Crippen LogP) is 1.02. The molecule has 0 aliphatic rings.